The van der Waals surface area contributed by atoms with Gasteiger partial charge in [0.05, 0.1) is 0 Å². The first-order chi connectivity index (χ1) is 43.4. The summed E-state index contributed by atoms with van der Waals surface area (Å²) < 4.78 is 0. The van der Waals surface area contributed by atoms with E-state index >= 15 is 0 Å². The third kappa shape index (κ3) is 12.9. The summed E-state index contributed by atoms with van der Waals surface area (Å²) in [5.41, 5.74) is 25.8. The summed E-state index contributed by atoms with van der Waals surface area (Å²) in [6, 6.07) is 70.4. The fraction of sp³-hybridized carbons (Fsp3) is 0.209. The number of benzene rings is 7. The number of para-hydroxylation sites is 3. The first-order valence-corrected chi connectivity index (χ1v) is 32.6. The molecule has 0 fully saturated rings. The van der Waals surface area contributed by atoms with Gasteiger partial charge in [-0.25, -0.2) is 0 Å². The van der Waals surface area contributed by atoms with Gasteiger partial charge in [0.1, 0.15) is 0 Å². The molecule has 0 aromatic heterocycles. The van der Waals surface area contributed by atoms with Gasteiger partial charge in [0.2, 0.25) is 0 Å². The zero-order valence-corrected chi connectivity index (χ0v) is 51.6. The number of nitrogens with zero attached hydrogens (tertiary/aromatic N) is 2. The SMILES string of the molecule is CC(C)c1ccc(/C(=C(\c2ccc(C3C=CC(N(C4=CCCC=C4)c4ccccc4)=CC3)cc2)c2ccc(C3C=CC(N(c4ccccc4)c4ccccc4)=CC3)cc2)c2ccc(C3=CC=C(C(C4=CC=CCC4)C(C)C4=CCCC=C4)CC3)cc2)cc1. The molecule has 7 aromatic carbocycles. The summed E-state index contributed by atoms with van der Waals surface area (Å²) in [5.74, 6) is 1.83. The van der Waals surface area contributed by atoms with Crippen LogP contribution in [0.2, 0.25) is 0 Å². The zero-order chi connectivity index (χ0) is 59.6. The average molecular weight is 1140 g/mol. The molecular formula is C86H82N2. The van der Waals surface area contributed by atoms with Crippen LogP contribution in [0.4, 0.5) is 17.1 Å². The van der Waals surface area contributed by atoms with Gasteiger partial charge >= 0.3 is 0 Å². The van der Waals surface area contributed by atoms with Gasteiger partial charge in [-0.3, -0.25) is 0 Å². The van der Waals surface area contributed by atoms with E-state index in [0.29, 0.717) is 17.8 Å². The second-order valence-electron chi connectivity index (χ2n) is 24.9. The first kappa shape index (κ1) is 57.8. The van der Waals surface area contributed by atoms with E-state index in [2.05, 4.69) is 322 Å². The molecule has 0 amide bonds. The lowest BCUT2D eigenvalue weighted by Gasteiger charge is -2.33. The van der Waals surface area contributed by atoms with Crippen molar-refractivity contribution in [1.82, 2.24) is 0 Å². The van der Waals surface area contributed by atoms with E-state index in [1.165, 1.54) is 89.6 Å². The van der Waals surface area contributed by atoms with Gasteiger partial charge in [-0.05, 0) is 197 Å². The first-order valence-electron chi connectivity index (χ1n) is 32.6. The van der Waals surface area contributed by atoms with E-state index in [-0.39, 0.29) is 11.8 Å². The lowest BCUT2D eigenvalue weighted by molar-refractivity contribution is 0.501. The second kappa shape index (κ2) is 27.2. The Balaban J connectivity index is 0.856. The van der Waals surface area contributed by atoms with Gasteiger partial charge in [-0.15, -0.1) is 0 Å². The second-order valence-corrected chi connectivity index (χ2v) is 24.9. The van der Waals surface area contributed by atoms with Crippen molar-refractivity contribution in [3.05, 3.63) is 370 Å². The monoisotopic (exact) mass is 1140 g/mol. The topological polar surface area (TPSA) is 6.48 Å². The third-order valence-electron chi connectivity index (χ3n) is 18.9. The number of allylic oxidation sites excluding steroid dienone is 21. The van der Waals surface area contributed by atoms with Crippen molar-refractivity contribution in [2.75, 3.05) is 9.80 Å². The molecule has 13 rings (SSSR count). The molecular weight excluding hydrogens is 1060 g/mol. The molecule has 7 aromatic rings. The molecule has 0 spiro atoms. The van der Waals surface area contributed by atoms with Gasteiger partial charge in [0.25, 0.3) is 0 Å². The van der Waals surface area contributed by atoms with Crippen LogP contribution in [0.25, 0.3) is 16.7 Å². The third-order valence-corrected chi connectivity index (χ3v) is 18.9. The van der Waals surface area contributed by atoms with Crippen molar-refractivity contribution < 1.29 is 0 Å². The van der Waals surface area contributed by atoms with Crippen LogP contribution in [-0.4, -0.2) is 0 Å². The van der Waals surface area contributed by atoms with Crippen molar-refractivity contribution in [2.45, 2.75) is 103 Å². The summed E-state index contributed by atoms with van der Waals surface area (Å²) in [7, 11) is 0. The summed E-state index contributed by atoms with van der Waals surface area (Å²) in [6.45, 7) is 7.04. The van der Waals surface area contributed by atoms with Crippen molar-refractivity contribution in [1.29, 1.82) is 0 Å². The summed E-state index contributed by atoms with van der Waals surface area (Å²) in [4.78, 5) is 4.78. The summed E-state index contributed by atoms with van der Waals surface area (Å²) in [6.07, 6.45) is 51.2. The molecule has 4 unspecified atom stereocenters. The van der Waals surface area contributed by atoms with Crippen LogP contribution in [0.3, 0.4) is 0 Å². The molecule has 0 saturated heterocycles. The smallest absolute Gasteiger partial charge is 0.0461 e. The predicted molar refractivity (Wildman–Crippen MR) is 375 cm³/mol. The average Bonchev–Trinajstić information content (AvgIpc) is 2.54. The van der Waals surface area contributed by atoms with Gasteiger partial charge in [-0.2, -0.15) is 0 Å². The van der Waals surface area contributed by atoms with Crippen molar-refractivity contribution >= 4 is 33.8 Å². The Morgan fingerprint density at radius 1 is 0.398 bits per heavy atom. The maximum atomic E-state index is 2.49. The number of rotatable bonds is 18. The standard InChI is InChI=1S/C86H82N2/c1-62(2)64-34-44-74(45-35-64)85(75-48-38-67(39-49-75)66-36-46-73(47-37-66)84(72-24-12-5-13-25-72)63(3)65-22-10-4-11-23-65)86(76-50-40-68(41-51-76)70-54-58-82(59-55-70)87(78-26-14-6-15-27-78)79-28-16-7-17-29-79)77-52-42-69(43-53-77)71-56-60-83(61-57-71)88(80-30-18-8-19-31-80)81-32-20-9-21-33-81/h5-8,10,12,14-20,22-24,26-36,38-46,48-54,56,58-63,70-71,84H,4,9,11,13,21,25,37,47,55,57H2,1-3H3/b86-85+. The molecule has 6 aliphatic carbocycles. The predicted octanol–water partition coefficient (Wildman–Crippen LogP) is 23.2. The van der Waals surface area contributed by atoms with Crippen LogP contribution in [0.5, 0.6) is 0 Å². The van der Waals surface area contributed by atoms with E-state index in [1.54, 1.807) is 11.1 Å². The van der Waals surface area contributed by atoms with E-state index in [4.69, 9.17) is 0 Å². The number of hydrogen-bond acceptors (Lipinski definition) is 2. The Morgan fingerprint density at radius 2 is 0.886 bits per heavy atom. The molecule has 2 nitrogen and oxygen atoms in total. The minimum absolute atomic E-state index is 0.254. The van der Waals surface area contributed by atoms with Gasteiger partial charge in [-0.1, -0.05) is 269 Å². The van der Waals surface area contributed by atoms with E-state index in [1.807, 2.05) is 0 Å². The maximum absolute atomic E-state index is 2.49. The minimum Gasteiger partial charge on any atom is -0.311 e. The number of anilines is 3. The Bertz CT molecular complexity index is 3970. The van der Waals surface area contributed by atoms with Crippen LogP contribution in [0, 0.1) is 11.8 Å². The van der Waals surface area contributed by atoms with E-state index < -0.39 is 0 Å². The normalized spacial score (nSPS) is 19.1. The van der Waals surface area contributed by atoms with Crippen LogP contribution < -0.4 is 9.80 Å². The Kier molecular flexibility index (Phi) is 17.9. The molecule has 88 heavy (non-hydrogen) atoms. The Morgan fingerprint density at radius 3 is 1.34 bits per heavy atom. The molecule has 4 atom stereocenters. The maximum Gasteiger partial charge on any atom is 0.0461 e. The van der Waals surface area contributed by atoms with Crippen molar-refractivity contribution in [2.24, 2.45) is 11.8 Å². The van der Waals surface area contributed by atoms with E-state index in [0.717, 1.165) is 75.6 Å². The van der Waals surface area contributed by atoms with E-state index in [9.17, 15) is 0 Å². The molecule has 436 valence electrons. The molecule has 0 radical (unpaired) electrons. The largest absolute Gasteiger partial charge is 0.311 e. The number of hydrogen-bond donors (Lipinski definition) is 0. The van der Waals surface area contributed by atoms with Gasteiger partial charge in [0, 0.05) is 51.9 Å². The fourth-order valence-electron chi connectivity index (χ4n) is 14.1. The van der Waals surface area contributed by atoms with Crippen LogP contribution in [0.15, 0.2) is 325 Å². The minimum atomic E-state index is 0.254. The molecule has 6 aliphatic rings. The highest BCUT2D eigenvalue weighted by atomic mass is 15.2. The van der Waals surface area contributed by atoms with Crippen molar-refractivity contribution in [3.8, 4) is 0 Å². The Labute approximate surface area is 524 Å². The molecule has 0 N–H and O–H groups in total. The Hall–Kier alpha value is -9.24. The molecule has 0 heterocycles. The highest BCUT2D eigenvalue weighted by Crippen LogP contribution is 2.45. The highest BCUT2D eigenvalue weighted by Gasteiger charge is 2.29. The molecule has 0 saturated carbocycles. The quantitative estimate of drug-likeness (QED) is 0.0790. The zero-order valence-electron chi connectivity index (χ0n) is 51.6. The summed E-state index contributed by atoms with van der Waals surface area (Å²) >= 11 is 0. The van der Waals surface area contributed by atoms with Crippen LogP contribution in [0.1, 0.15) is 147 Å². The fourth-order valence-corrected chi connectivity index (χ4v) is 14.1. The van der Waals surface area contributed by atoms with Gasteiger partial charge < -0.3 is 9.80 Å². The lowest BCUT2D eigenvalue weighted by atomic mass is 9.72. The molecule has 0 aliphatic heterocycles. The molecule has 0 bridgehead atoms. The van der Waals surface area contributed by atoms with Gasteiger partial charge in [0.15, 0.2) is 0 Å². The lowest BCUT2D eigenvalue weighted by Crippen LogP contribution is -2.22. The highest BCUT2D eigenvalue weighted by molar-refractivity contribution is 6.04. The summed E-state index contributed by atoms with van der Waals surface area (Å²) in [5, 5.41) is 0. The van der Waals surface area contributed by atoms with Crippen LogP contribution >= 0.6 is 0 Å². The molecule has 2 heteroatoms. The van der Waals surface area contributed by atoms with Crippen molar-refractivity contribution in [3.63, 3.8) is 0 Å². The van der Waals surface area contributed by atoms with Crippen LogP contribution in [-0.2, 0) is 0 Å².